The van der Waals surface area contributed by atoms with Gasteiger partial charge in [-0.1, -0.05) is 43.2 Å². The van der Waals surface area contributed by atoms with Gasteiger partial charge in [-0.05, 0) is 37.8 Å². The van der Waals surface area contributed by atoms with Crippen LogP contribution in [-0.2, 0) is 21.2 Å². The molecular formula is C23H31N3O5S2. The van der Waals surface area contributed by atoms with E-state index in [1.807, 2.05) is 11.0 Å². The average Bonchev–Trinajstić information content (AvgIpc) is 3.17. The van der Waals surface area contributed by atoms with E-state index in [0.29, 0.717) is 35.4 Å². The van der Waals surface area contributed by atoms with E-state index in [4.69, 9.17) is 0 Å². The number of aromatic nitrogens is 2. The largest absolute Gasteiger partial charge is 0.396 e. The molecule has 2 heterocycles. The highest BCUT2D eigenvalue weighted by molar-refractivity contribution is 7.99. The third-order valence-corrected chi connectivity index (χ3v) is 9.26. The molecule has 1 atom stereocenters. The minimum Gasteiger partial charge on any atom is -0.396 e. The van der Waals surface area contributed by atoms with Crippen LogP contribution in [0.15, 0.2) is 34.2 Å². The van der Waals surface area contributed by atoms with Gasteiger partial charge in [0.1, 0.15) is 0 Å². The predicted octanol–water partition coefficient (Wildman–Crippen LogP) is 2.22. The minimum absolute atomic E-state index is 0.0370. The lowest BCUT2D eigenvalue weighted by molar-refractivity contribution is -0.133. The Kier molecular flexibility index (Phi) is 7.76. The molecule has 2 aromatic rings. The Morgan fingerprint density at radius 2 is 1.91 bits per heavy atom. The number of amides is 1. The van der Waals surface area contributed by atoms with Gasteiger partial charge in [0.25, 0.3) is 5.56 Å². The summed E-state index contributed by atoms with van der Waals surface area (Å²) in [7, 11) is -3.11. The summed E-state index contributed by atoms with van der Waals surface area (Å²) in [6, 6.07) is 6.91. The van der Waals surface area contributed by atoms with Crippen molar-refractivity contribution in [3.63, 3.8) is 0 Å². The molecule has 33 heavy (non-hydrogen) atoms. The first-order valence-electron chi connectivity index (χ1n) is 11.6. The van der Waals surface area contributed by atoms with E-state index in [1.165, 1.54) is 16.3 Å². The van der Waals surface area contributed by atoms with Crippen LogP contribution in [0.3, 0.4) is 0 Å². The number of carbonyl (C=O) groups excluding carboxylic acids is 1. The first-order chi connectivity index (χ1) is 15.9. The van der Waals surface area contributed by atoms with Crippen LogP contribution in [-0.4, -0.2) is 69.8 Å². The Labute approximate surface area is 198 Å². The van der Waals surface area contributed by atoms with E-state index in [0.717, 1.165) is 32.1 Å². The van der Waals surface area contributed by atoms with Crippen molar-refractivity contribution in [2.45, 2.75) is 68.7 Å². The van der Waals surface area contributed by atoms with Gasteiger partial charge in [-0.15, -0.1) is 0 Å². The van der Waals surface area contributed by atoms with Crippen LogP contribution in [0.4, 0.5) is 0 Å². The van der Waals surface area contributed by atoms with Gasteiger partial charge in [-0.25, -0.2) is 13.4 Å². The van der Waals surface area contributed by atoms with Crippen LogP contribution in [0, 0.1) is 0 Å². The summed E-state index contributed by atoms with van der Waals surface area (Å²) in [5.74, 6) is 0.172. The Hall–Kier alpha value is -1.91. The summed E-state index contributed by atoms with van der Waals surface area (Å²) in [4.78, 5) is 32.9. The number of para-hydroxylation sites is 1. The van der Waals surface area contributed by atoms with Crippen molar-refractivity contribution >= 4 is 38.4 Å². The molecule has 0 spiro atoms. The van der Waals surface area contributed by atoms with Crippen molar-refractivity contribution in [3.8, 4) is 0 Å². The van der Waals surface area contributed by atoms with Crippen LogP contribution in [0.2, 0.25) is 0 Å². The summed E-state index contributed by atoms with van der Waals surface area (Å²) in [5, 5.41) is 10.2. The van der Waals surface area contributed by atoms with Gasteiger partial charge >= 0.3 is 0 Å². The third-order valence-electron chi connectivity index (χ3n) is 6.55. The average molecular weight is 494 g/mol. The predicted molar refractivity (Wildman–Crippen MR) is 129 cm³/mol. The monoisotopic (exact) mass is 493 g/mol. The van der Waals surface area contributed by atoms with Crippen molar-refractivity contribution < 1.29 is 18.3 Å². The van der Waals surface area contributed by atoms with Crippen LogP contribution < -0.4 is 5.56 Å². The highest BCUT2D eigenvalue weighted by Crippen LogP contribution is 2.30. The maximum Gasteiger partial charge on any atom is 0.262 e. The topological polar surface area (TPSA) is 110 Å². The lowest BCUT2D eigenvalue weighted by Gasteiger charge is -2.38. The molecule has 1 aromatic carbocycles. The number of thioether (sulfide) groups is 1. The number of nitrogens with zero attached hydrogens (tertiary/aromatic N) is 3. The maximum atomic E-state index is 13.4. The van der Waals surface area contributed by atoms with E-state index in [9.17, 15) is 23.1 Å². The van der Waals surface area contributed by atoms with Crippen LogP contribution in [0.25, 0.3) is 10.9 Å². The number of sulfone groups is 1. The molecule has 1 aromatic heterocycles. The summed E-state index contributed by atoms with van der Waals surface area (Å²) < 4.78 is 25.8. The molecule has 1 saturated heterocycles. The van der Waals surface area contributed by atoms with E-state index in [1.54, 1.807) is 18.2 Å². The van der Waals surface area contributed by atoms with Gasteiger partial charge in [-0.3, -0.25) is 14.2 Å². The van der Waals surface area contributed by atoms with Crippen molar-refractivity contribution in [2.75, 3.05) is 23.9 Å². The van der Waals surface area contributed by atoms with Crippen LogP contribution in [0.5, 0.6) is 0 Å². The smallest absolute Gasteiger partial charge is 0.262 e. The van der Waals surface area contributed by atoms with Crippen LogP contribution >= 0.6 is 11.8 Å². The van der Waals surface area contributed by atoms with Gasteiger partial charge in [0, 0.05) is 25.2 Å². The van der Waals surface area contributed by atoms with E-state index in [2.05, 4.69) is 4.98 Å². The molecule has 1 N–H and O–H groups in total. The number of aliphatic hydroxyl groups is 1. The Balaban J connectivity index is 1.58. The van der Waals surface area contributed by atoms with Gasteiger partial charge in [0.2, 0.25) is 5.91 Å². The fraction of sp³-hybridized carbons (Fsp3) is 0.609. The molecule has 2 fully saturated rings. The molecule has 2 aliphatic rings. The van der Waals surface area contributed by atoms with E-state index >= 15 is 0 Å². The first-order valence-corrected chi connectivity index (χ1v) is 14.4. The summed E-state index contributed by atoms with van der Waals surface area (Å²) in [5.41, 5.74) is 0.388. The molecular weight excluding hydrogens is 462 g/mol. The molecule has 1 unspecified atom stereocenters. The Morgan fingerprint density at radius 3 is 2.61 bits per heavy atom. The molecule has 1 saturated carbocycles. The number of fused-ring (bicyclic) bond motifs is 1. The second kappa shape index (κ2) is 10.6. The normalized spacial score (nSPS) is 20.8. The first kappa shape index (κ1) is 24.2. The zero-order valence-corrected chi connectivity index (χ0v) is 20.3. The van der Waals surface area contributed by atoms with Crippen molar-refractivity contribution in [2.24, 2.45) is 0 Å². The zero-order chi connectivity index (χ0) is 23.4. The second-order valence-electron chi connectivity index (χ2n) is 8.88. The van der Waals surface area contributed by atoms with Crippen molar-refractivity contribution in [3.05, 3.63) is 34.6 Å². The van der Waals surface area contributed by atoms with E-state index in [-0.39, 0.29) is 47.4 Å². The third kappa shape index (κ3) is 5.60. The van der Waals surface area contributed by atoms with Gasteiger partial charge in [-0.2, -0.15) is 0 Å². The number of carbonyl (C=O) groups is 1. The molecule has 180 valence electrons. The molecule has 10 heteroatoms. The SMILES string of the molecule is O=C(CSc1nc2ccccc2c(=O)n1CCCO)N(C1CCCCC1)C1CCS(=O)(=O)C1. The number of hydrogen-bond donors (Lipinski definition) is 1. The summed E-state index contributed by atoms with van der Waals surface area (Å²) in [6.07, 6.45) is 5.96. The lowest BCUT2D eigenvalue weighted by Crippen LogP contribution is -2.49. The summed E-state index contributed by atoms with van der Waals surface area (Å²) in [6.45, 7) is 0.269. The molecule has 4 rings (SSSR count). The molecule has 0 radical (unpaired) electrons. The zero-order valence-electron chi connectivity index (χ0n) is 18.7. The minimum atomic E-state index is -3.11. The number of rotatable bonds is 8. The van der Waals surface area contributed by atoms with E-state index < -0.39 is 9.84 Å². The van der Waals surface area contributed by atoms with Gasteiger partial charge in [0.15, 0.2) is 15.0 Å². The number of benzene rings is 1. The van der Waals surface area contributed by atoms with Crippen LogP contribution in [0.1, 0.15) is 44.9 Å². The highest BCUT2D eigenvalue weighted by Gasteiger charge is 2.38. The highest BCUT2D eigenvalue weighted by atomic mass is 32.2. The fourth-order valence-corrected chi connectivity index (χ4v) is 7.55. The van der Waals surface area contributed by atoms with Crippen molar-refractivity contribution in [1.29, 1.82) is 0 Å². The molecule has 1 aliphatic heterocycles. The quantitative estimate of drug-likeness (QED) is 0.444. The fourth-order valence-electron chi connectivity index (χ4n) is 4.94. The number of aliphatic hydroxyl groups excluding tert-OH is 1. The maximum absolute atomic E-state index is 13.4. The van der Waals surface area contributed by atoms with Gasteiger partial charge < -0.3 is 10.0 Å². The Morgan fingerprint density at radius 1 is 1.15 bits per heavy atom. The second-order valence-corrected chi connectivity index (χ2v) is 12.1. The molecule has 1 amide bonds. The molecule has 1 aliphatic carbocycles. The molecule has 0 bridgehead atoms. The van der Waals surface area contributed by atoms with Crippen molar-refractivity contribution in [1.82, 2.24) is 14.5 Å². The standard InChI is InChI=1S/C23H31N3O5S2/c27-13-6-12-25-22(29)19-9-4-5-10-20(19)24-23(25)32-15-21(28)26(17-7-2-1-3-8-17)18-11-14-33(30,31)16-18/h4-5,9-10,17-18,27H,1-3,6-8,11-16H2. The lowest BCUT2D eigenvalue weighted by atomic mass is 9.93. The molecule has 8 nitrogen and oxygen atoms in total. The van der Waals surface area contributed by atoms with Gasteiger partial charge in [0.05, 0.1) is 28.2 Å². The Bertz CT molecular complexity index is 1160. The summed E-state index contributed by atoms with van der Waals surface area (Å²) >= 11 is 1.22. The number of hydrogen-bond acceptors (Lipinski definition) is 7.